The van der Waals surface area contributed by atoms with E-state index in [1.807, 2.05) is 0 Å². The summed E-state index contributed by atoms with van der Waals surface area (Å²) in [5, 5.41) is 31.2. The number of aliphatic hydroxyl groups excluding tert-OH is 2. The predicted molar refractivity (Wildman–Crippen MR) is 162 cm³/mol. The lowest BCUT2D eigenvalue weighted by Gasteiger charge is -2.62. The summed E-state index contributed by atoms with van der Waals surface area (Å²) in [5.74, 6) is -0.991. The summed E-state index contributed by atoms with van der Waals surface area (Å²) in [5.41, 5.74) is 0.00503. The second-order valence-electron chi connectivity index (χ2n) is 14.7. The Hall–Kier alpha value is -1.45. The van der Waals surface area contributed by atoms with E-state index >= 15 is 0 Å². The molecule has 0 heterocycles. The fourth-order valence-corrected chi connectivity index (χ4v) is 11.0. The zero-order valence-corrected chi connectivity index (χ0v) is 26.9. The minimum Gasteiger partial charge on any atom is -0.481 e. The van der Waals surface area contributed by atoms with Crippen molar-refractivity contribution in [3.8, 4) is 0 Å². The van der Waals surface area contributed by atoms with Gasteiger partial charge in [0.05, 0.1) is 18.1 Å². The summed E-state index contributed by atoms with van der Waals surface area (Å²) in [6.07, 6.45) is 10.6. The molecule has 0 aromatic carbocycles. The molecule has 4 unspecified atom stereocenters. The summed E-state index contributed by atoms with van der Waals surface area (Å²) in [6, 6.07) is 0. The Bertz CT molecular complexity index is 1070. The highest BCUT2D eigenvalue weighted by molar-refractivity contribution is 7.62. The van der Waals surface area contributed by atoms with Gasteiger partial charge in [-0.05, 0) is 111 Å². The smallest absolute Gasteiger partial charge is 0.308 e. The molecule has 0 spiro atoms. The van der Waals surface area contributed by atoms with Crippen LogP contribution in [0.1, 0.15) is 97.8 Å². The van der Waals surface area contributed by atoms with Gasteiger partial charge in [-0.1, -0.05) is 27.1 Å². The number of aliphatic hydroxyl groups is 2. The average molecular weight is 629 g/mol. The number of aliphatic carboxylic acids is 1. The van der Waals surface area contributed by atoms with Crippen LogP contribution in [-0.4, -0.2) is 74.5 Å². The molecular weight excluding hydrogens is 575 g/mol. The van der Waals surface area contributed by atoms with E-state index in [9.17, 15) is 39.5 Å². The Kier molecular flexibility index (Phi) is 10.8. The second-order valence-corrected chi connectivity index (χ2v) is 16.8. The number of carbonyl (C=O) groups excluding carboxylic acids is 2. The third kappa shape index (κ3) is 7.51. The summed E-state index contributed by atoms with van der Waals surface area (Å²) in [6.45, 7) is 6.30. The number of carbonyl (C=O) groups is 3. The van der Waals surface area contributed by atoms with Crippen LogP contribution in [-0.2, 0) is 23.9 Å². The molecule has 4 aliphatic rings. The minimum absolute atomic E-state index is 0.143. The van der Waals surface area contributed by atoms with Crippen LogP contribution in [0.3, 0.4) is 0 Å². The van der Waals surface area contributed by atoms with Crippen molar-refractivity contribution >= 4 is 31.5 Å². The van der Waals surface area contributed by atoms with Gasteiger partial charge in [0.1, 0.15) is 7.34 Å². The van der Waals surface area contributed by atoms with Crippen molar-refractivity contribution in [3.05, 3.63) is 0 Å². The van der Waals surface area contributed by atoms with Crippen LogP contribution in [0, 0.1) is 52.3 Å². The molecule has 0 bridgehead atoms. The predicted octanol–water partition coefficient (Wildman–Crippen LogP) is 4.18. The zero-order chi connectivity index (χ0) is 31.7. The molecule has 0 saturated heterocycles. The number of esters is 2. The lowest BCUT2D eigenvalue weighted by molar-refractivity contribution is -0.175. The lowest BCUT2D eigenvalue weighted by atomic mass is 9.43. The highest BCUT2D eigenvalue weighted by Gasteiger charge is 2.63. The Morgan fingerprint density at radius 1 is 0.930 bits per heavy atom. The van der Waals surface area contributed by atoms with E-state index in [0.717, 1.165) is 44.9 Å². The highest BCUT2D eigenvalue weighted by Crippen LogP contribution is 2.68. The average Bonchev–Trinajstić information content (AvgIpc) is 3.28. The van der Waals surface area contributed by atoms with E-state index in [1.165, 1.54) is 6.42 Å². The number of carboxylic acid groups (broad SMARTS) is 1. The van der Waals surface area contributed by atoms with Crippen molar-refractivity contribution in [1.29, 1.82) is 0 Å². The topological polar surface area (TPSA) is 171 Å². The van der Waals surface area contributed by atoms with Crippen molar-refractivity contribution in [2.75, 3.05) is 13.0 Å². The van der Waals surface area contributed by atoms with Gasteiger partial charge in [0.25, 0.3) is 0 Å². The maximum absolute atomic E-state index is 12.4. The molecule has 5 N–H and O–H groups in total. The first kappa shape index (κ1) is 34.4. The molecule has 0 aromatic heterocycles. The van der Waals surface area contributed by atoms with Crippen molar-refractivity contribution in [2.24, 2.45) is 52.3 Å². The summed E-state index contributed by atoms with van der Waals surface area (Å²) in [4.78, 5) is 54.6. The zero-order valence-electron chi connectivity index (χ0n) is 26.0. The minimum atomic E-state index is -3.55. The van der Waals surface area contributed by atoms with Crippen molar-refractivity contribution in [2.45, 2.75) is 110 Å². The first-order chi connectivity index (χ1) is 20.1. The van der Waals surface area contributed by atoms with Gasteiger partial charge in [-0.25, -0.2) is 0 Å². The van der Waals surface area contributed by atoms with Crippen LogP contribution < -0.4 is 0 Å². The SMILES string of the molecule is C=P(O)(O)C[C@H](CCC(=O)OCOC(=O)CC[C@@H](C)C1CCC2C3CC[C@@H]4C[C@H](O)CC[C@]4(C)C3C[C@H](O)[C@@]21C)C(=O)O. The normalized spacial score (nSPS) is 38.6. The maximum Gasteiger partial charge on any atom is 0.308 e. The number of hydrogen-bond donors (Lipinski definition) is 5. The molecule has 11 atom stereocenters. The molecule has 43 heavy (non-hydrogen) atoms. The van der Waals surface area contributed by atoms with Crippen LogP contribution in [0.2, 0.25) is 0 Å². The van der Waals surface area contributed by atoms with Gasteiger partial charge in [0.2, 0.25) is 6.79 Å². The van der Waals surface area contributed by atoms with Crippen LogP contribution in [0.5, 0.6) is 0 Å². The van der Waals surface area contributed by atoms with Gasteiger partial charge < -0.3 is 34.6 Å². The van der Waals surface area contributed by atoms with E-state index in [2.05, 4.69) is 27.1 Å². The number of fused-ring (bicyclic) bond motifs is 5. The molecule has 4 saturated carbocycles. The van der Waals surface area contributed by atoms with Gasteiger partial charge >= 0.3 is 17.9 Å². The molecule has 4 aliphatic carbocycles. The van der Waals surface area contributed by atoms with Gasteiger partial charge in [0, 0.05) is 19.0 Å². The molecule has 11 heteroatoms. The maximum atomic E-state index is 12.4. The van der Waals surface area contributed by atoms with E-state index < -0.39 is 44.1 Å². The molecule has 10 nitrogen and oxygen atoms in total. The van der Waals surface area contributed by atoms with Crippen LogP contribution in [0.25, 0.3) is 0 Å². The molecule has 4 fully saturated rings. The van der Waals surface area contributed by atoms with Gasteiger partial charge in [-0.3, -0.25) is 14.4 Å². The fraction of sp³-hybridized carbons (Fsp3) is 0.875. The number of carboxylic acids is 1. The van der Waals surface area contributed by atoms with E-state index in [0.29, 0.717) is 36.0 Å². The van der Waals surface area contributed by atoms with Crippen LogP contribution in [0.15, 0.2) is 0 Å². The van der Waals surface area contributed by atoms with E-state index in [-0.39, 0.29) is 48.2 Å². The van der Waals surface area contributed by atoms with Gasteiger partial charge in [-0.2, -0.15) is 0 Å². The third-order valence-corrected chi connectivity index (χ3v) is 13.3. The molecule has 0 radical (unpaired) electrons. The third-order valence-electron chi connectivity index (χ3n) is 12.3. The fourth-order valence-electron chi connectivity index (χ4n) is 9.95. The summed E-state index contributed by atoms with van der Waals surface area (Å²) < 4.78 is 10.0. The number of hydrogen-bond acceptors (Lipinski definition) is 9. The number of ether oxygens (including phenoxy) is 2. The highest BCUT2D eigenvalue weighted by atomic mass is 31.2. The van der Waals surface area contributed by atoms with E-state index in [1.54, 1.807) is 0 Å². The van der Waals surface area contributed by atoms with Crippen LogP contribution in [0.4, 0.5) is 0 Å². The van der Waals surface area contributed by atoms with E-state index in [4.69, 9.17) is 9.47 Å². The van der Waals surface area contributed by atoms with Gasteiger partial charge in [-0.15, -0.1) is 0 Å². The molecule has 246 valence electrons. The lowest BCUT2D eigenvalue weighted by Crippen LogP contribution is -2.58. The Morgan fingerprint density at radius 3 is 2.21 bits per heavy atom. The van der Waals surface area contributed by atoms with Gasteiger partial charge in [0.15, 0.2) is 0 Å². The summed E-state index contributed by atoms with van der Waals surface area (Å²) in [7, 11) is -3.55. The standard InChI is InChI=1S/C32H53O10P/c1-19(5-11-28(35)41-18-42-29(36)12-6-20(30(37)38)17-43(4,39)40)24-9-10-25-23-8-7-21-15-22(33)13-14-31(21,2)26(23)16-27(34)32(24,25)3/h19-27,33-34,39-40H,4-18H2,1-3H3,(H,37,38)/t19-,20+,21-,22-,23?,24?,25?,26?,27+,31+,32-/m1/s1. The molecular formula is C32H53O10P. The van der Waals surface area contributed by atoms with Crippen molar-refractivity contribution in [3.63, 3.8) is 0 Å². The molecule has 4 rings (SSSR count). The first-order valence-corrected chi connectivity index (χ1v) is 18.2. The first-order valence-electron chi connectivity index (χ1n) is 16.1. The monoisotopic (exact) mass is 628 g/mol. The second kappa shape index (κ2) is 13.5. The largest absolute Gasteiger partial charge is 0.481 e. The molecule has 0 aliphatic heterocycles. The molecule has 0 amide bonds. The molecule has 0 aromatic rings. The van der Waals surface area contributed by atoms with Crippen molar-refractivity contribution in [1.82, 2.24) is 0 Å². The quantitative estimate of drug-likeness (QED) is 0.120. The Balaban J connectivity index is 1.23. The summed E-state index contributed by atoms with van der Waals surface area (Å²) >= 11 is 0. The van der Waals surface area contributed by atoms with Crippen LogP contribution >= 0.6 is 7.34 Å². The van der Waals surface area contributed by atoms with Crippen molar-refractivity contribution < 1.29 is 49.0 Å². The number of rotatable bonds is 12. The Labute approximate surface area is 255 Å². The Morgan fingerprint density at radius 2 is 1.58 bits per heavy atom.